The summed E-state index contributed by atoms with van der Waals surface area (Å²) in [5.41, 5.74) is 2.00. The number of hydrogen-bond acceptors (Lipinski definition) is 4. The van der Waals surface area contributed by atoms with E-state index in [1.54, 1.807) is 6.92 Å². The molecule has 0 aliphatic carbocycles. The zero-order valence-electron chi connectivity index (χ0n) is 14.1. The van der Waals surface area contributed by atoms with E-state index in [4.69, 9.17) is 5.11 Å². The van der Waals surface area contributed by atoms with Crippen molar-refractivity contribution in [1.82, 2.24) is 14.7 Å². The van der Waals surface area contributed by atoms with Gasteiger partial charge in [-0.25, -0.2) is 0 Å². The molecule has 1 N–H and O–H groups in total. The monoisotopic (exact) mass is 357 g/mol. The number of nitrogens with zero attached hydrogens (tertiary/aromatic N) is 3. The van der Waals surface area contributed by atoms with Crippen molar-refractivity contribution in [3.8, 4) is 0 Å². The Morgan fingerprint density at radius 3 is 2.64 bits per heavy atom. The van der Waals surface area contributed by atoms with Gasteiger partial charge in [0.2, 0.25) is 0 Å². The van der Waals surface area contributed by atoms with E-state index in [1.165, 1.54) is 16.2 Å². The first-order valence-electron chi connectivity index (χ1n) is 8.01. The lowest BCUT2D eigenvalue weighted by Crippen LogP contribution is -2.34. The molecule has 2 heterocycles. The van der Waals surface area contributed by atoms with E-state index in [-0.39, 0.29) is 12.5 Å². The van der Waals surface area contributed by atoms with Gasteiger partial charge in [-0.05, 0) is 25.5 Å². The fraction of sp³-hybridized carbons (Fsp3) is 0.278. The summed E-state index contributed by atoms with van der Waals surface area (Å²) >= 11 is 1.36. The van der Waals surface area contributed by atoms with Crippen LogP contribution in [0.2, 0.25) is 0 Å². The molecule has 3 aromatic rings. The summed E-state index contributed by atoms with van der Waals surface area (Å²) in [4.78, 5) is 26.3. The van der Waals surface area contributed by atoms with Crippen LogP contribution in [0.1, 0.15) is 27.9 Å². The molecule has 0 aliphatic heterocycles. The van der Waals surface area contributed by atoms with Gasteiger partial charge >= 0.3 is 5.97 Å². The summed E-state index contributed by atoms with van der Waals surface area (Å²) in [6.07, 6.45) is 0. The third kappa shape index (κ3) is 3.56. The van der Waals surface area contributed by atoms with Crippen LogP contribution in [0.3, 0.4) is 0 Å². The molecule has 6 nitrogen and oxygen atoms in total. The number of aromatic nitrogens is 2. The lowest BCUT2D eigenvalue weighted by Gasteiger charge is -2.17. The van der Waals surface area contributed by atoms with Crippen molar-refractivity contribution in [1.29, 1.82) is 0 Å². The molecule has 0 radical (unpaired) electrons. The summed E-state index contributed by atoms with van der Waals surface area (Å²) in [5.74, 6) is -1.26. The Hall–Kier alpha value is -2.67. The van der Waals surface area contributed by atoms with Crippen molar-refractivity contribution < 1.29 is 14.7 Å². The predicted molar refractivity (Wildman–Crippen MR) is 97.1 cm³/mol. The molecule has 0 saturated heterocycles. The molecule has 130 valence electrons. The van der Waals surface area contributed by atoms with Crippen molar-refractivity contribution in [2.24, 2.45) is 0 Å². The van der Waals surface area contributed by atoms with Crippen molar-refractivity contribution in [3.05, 3.63) is 52.5 Å². The second kappa shape index (κ2) is 7.06. The minimum Gasteiger partial charge on any atom is -0.480 e. The van der Waals surface area contributed by atoms with E-state index in [9.17, 15) is 9.59 Å². The summed E-state index contributed by atoms with van der Waals surface area (Å²) in [7, 11) is 0. The molecule has 1 aromatic carbocycles. The highest BCUT2D eigenvalue weighted by atomic mass is 32.1. The maximum absolute atomic E-state index is 12.6. The van der Waals surface area contributed by atoms with E-state index < -0.39 is 5.97 Å². The smallest absolute Gasteiger partial charge is 0.323 e. The number of thiophene rings is 1. The first-order chi connectivity index (χ1) is 12.0. The van der Waals surface area contributed by atoms with Crippen LogP contribution in [0.15, 0.2) is 36.4 Å². The molecule has 1 amide bonds. The highest BCUT2D eigenvalue weighted by molar-refractivity contribution is 7.20. The number of aliphatic carboxylic acids is 1. The van der Waals surface area contributed by atoms with Gasteiger partial charge in [-0.1, -0.05) is 30.3 Å². The number of benzene rings is 1. The second-order valence-electron chi connectivity index (χ2n) is 5.77. The first-order valence-corrected chi connectivity index (χ1v) is 8.83. The van der Waals surface area contributed by atoms with E-state index in [0.717, 1.165) is 21.5 Å². The largest absolute Gasteiger partial charge is 0.480 e. The number of likely N-dealkylation sites (N-methyl/N-ethyl adjacent to an activating group) is 1. The Morgan fingerprint density at radius 2 is 2.00 bits per heavy atom. The van der Waals surface area contributed by atoms with Crippen molar-refractivity contribution >= 4 is 33.4 Å². The number of hydrogen-bond donors (Lipinski definition) is 1. The van der Waals surface area contributed by atoms with E-state index in [0.29, 0.717) is 18.0 Å². The first kappa shape index (κ1) is 17.2. The quantitative estimate of drug-likeness (QED) is 0.736. The van der Waals surface area contributed by atoms with Crippen molar-refractivity contribution in [2.45, 2.75) is 20.4 Å². The maximum Gasteiger partial charge on any atom is 0.323 e. The van der Waals surface area contributed by atoms with E-state index in [1.807, 2.05) is 48.0 Å². The molecule has 7 heteroatoms. The number of amides is 1. The standard InChI is InChI=1S/C18H19N3O3S/c1-3-20(11-16(22)23)17(24)15-9-14-12(2)19-21(18(14)25-15)10-13-7-5-4-6-8-13/h4-9H,3,10-11H2,1-2H3,(H,22,23). The average molecular weight is 357 g/mol. The molecule has 0 bridgehead atoms. The zero-order chi connectivity index (χ0) is 18.0. The fourth-order valence-corrected chi connectivity index (χ4v) is 3.86. The van der Waals surface area contributed by atoms with Gasteiger partial charge < -0.3 is 10.0 Å². The highest BCUT2D eigenvalue weighted by Gasteiger charge is 2.21. The third-order valence-electron chi connectivity index (χ3n) is 3.99. The van der Waals surface area contributed by atoms with Crippen LogP contribution in [0.5, 0.6) is 0 Å². The molecular weight excluding hydrogens is 338 g/mol. The summed E-state index contributed by atoms with van der Waals surface area (Å²) < 4.78 is 1.90. The summed E-state index contributed by atoms with van der Waals surface area (Å²) in [6, 6.07) is 11.8. The van der Waals surface area contributed by atoms with Gasteiger partial charge in [0.1, 0.15) is 11.4 Å². The lowest BCUT2D eigenvalue weighted by atomic mass is 10.2. The van der Waals surface area contributed by atoms with E-state index >= 15 is 0 Å². The van der Waals surface area contributed by atoms with Crippen LogP contribution in [0.25, 0.3) is 10.2 Å². The molecule has 0 saturated carbocycles. The van der Waals surface area contributed by atoms with Crippen LogP contribution in [-0.2, 0) is 11.3 Å². The number of aryl methyl sites for hydroxylation is 1. The lowest BCUT2D eigenvalue weighted by molar-refractivity contribution is -0.137. The van der Waals surface area contributed by atoms with Gasteiger partial charge in [0.05, 0.1) is 17.1 Å². The minimum atomic E-state index is -1.01. The molecule has 3 rings (SSSR count). The molecular formula is C18H19N3O3S. The number of carbonyl (C=O) groups is 2. The SMILES string of the molecule is CCN(CC(=O)O)C(=O)c1cc2c(C)nn(Cc3ccccc3)c2s1. The Kier molecular flexibility index (Phi) is 4.85. The normalized spacial score (nSPS) is 11.0. The molecule has 0 unspecified atom stereocenters. The molecule has 2 aromatic heterocycles. The van der Waals surface area contributed by atoms with Gasteiger partial charge in [0, 0.05) is 11.9 Å². The number of carboxylic acids is 1. The summed E-state index contributed by atoms with van der Waals surface area (Å²) in [6.45, 7) is 4.38. The number of rotatable bonds is 6. The van der Waals surface area contributed by atoms with Crippen LogP contribution in [0.4, 0.5) is 0 Å². The predicted octanol–water partition coefficient (Wildman–Crippen LogP) is 3.00. The minimum absolute atomic E-state index is 0.253. The highest BCUT2D eigenvalue weighted by Crippen LogP contribution is 2.29. The number of carbonyl (C=O) groups excluding carboxylic acids is 1. The van der Waals surface area contributed by atoms with Crippen LogP contribution >= 0.6 is 11.3 Å². The molecule has 25 heavy (non-hydrogen) atoms. The topological polar surface area (TPSA) is 75.4 Å². The zero-order valence-corrected chi connectivity index (χ0v) is 14.9. The van der Waals surface area contributed by atoms with Gasteiger partial charge in [0.15, 0.2) is 0 Å². The Labute approximate surface area is 149 Å². The van der Waals surface area contributed by atoms with Crippen molar-refractivity contribution in [3.63, 3.8) is 0 Å². The molecule has 0 aliphatic rings. The van der Waals surface area contributed by atoms with Gasteiger partial charge in [0.25, 0.3) is 5.91 Å². The molecule has 0 spiro atoms. The average Bonchev–Trinajstić information content (AvgIpc) is 3.15. The second-order valence-corrected chi connectivity index (χ2v) is 6.80. The van der Waals surface area contributed by atoms with Crippen LogP contribution in [0, 0.1) is 6.92 Å². The van der Waals surface area contributed by atoms with Crippen LogP contribution in [-0.4, -0.2) is 44.8 Å². The Morgan fingerprint density at radius 1 is 1.28 bits per heavy atom. The van der Waals surface area contributed by atoms with Crippen molar-refractivity contribution in [2.75, 3.05) is 13.1 Å². The van der Waals surface area contributed by atoms with E-state index in [2.05, 4.69) is 5.10 Å². The number of fused-ring (bicyclic) bond motifs is 1. The third-order valence-corrected chi connectivity index (χ3v) is 5.12. The van der Waals surface area contributed by atoms with Crippen LogP contribution < -0.4 is 0 Å². The fourth-order valence-electron chi connectivity index (χ4n) is 2.73. The van der Waals surface area contributed by atoms with Gasteiger partial charge in [-0.2, -0.15) is 5.10 Å². The Balaban J connectivity index is 1.93. The maximum atomic E-state index is 12.6. The van der Waals surface area contributed by atoms with Gasteiger partial charge in [-0.3, -0.25) is 14.3 Å². The van der Waals surface area contributed by atoms with Gasteiger partial charge in [-0.15, -0.1) is 11.3 Å². The Bertz CT molecular complexity index is 914. The number of carboxylic acid groups (broad SMARTS) is 1. The molecule has 0 fully saturated rings. The summed E-state index contributed by atoms with van der Waals surface area (Å²) in [5, 5.41) is 14.5. The molecule has 0 atom stereocenters.